The fourth-order valence-electron chi connectivity index (χ4n) is 1.73. The van der Waals surface area contributed by atoms with E-state index in [1.165, 1.54) is 0 Å². The van der Waals surface area contributed by atoms with Crippen molar-refractivity contribution in [3.63, 3.8) is 0 Å². The van der Waals surface area contributed by atoms with Crippen molar-refractivity contribution in [3.05, 3.63) is 42.5 Å². The third kappa shape index (κ3) is 2.41. The fourth-order valence-corrected chi connectivity index (χ4v) is 3.77. The Morgan fingerprint density at radius 1 is 1.12 bits per heavy atom. The molecular formula is C12H18O3Si. The molecule has 0 N–H and O–H groups in total. The SMILES string of the molecule is C=CCc1ccccc1[Si](OC)(OC)OC. The van der Waals surface area contributed by atoms with Gasteiger partial charge in [-0.3, -0.25) is 0 Å². The first kappa shape index (κ1) is 13.1. The molecule has 0 fully saturated rings. The molecule has 0 atom stereocenters. The maximum absolute atomic E-state index is 5.47. The molecule has 0 aliphatic rings. The van der Waals surface area contributed by atoms with E-state index in [-0.39, 0.29) is 0 Å². The van der Waals surface area contributed by atoms with Crippen LogP contribution in [0.15, 0.2) is 36.9 Å². The van der Waals surface area contributed by atoms with Gasteiger partial charge in [-0.2, -0.15) is 0 Å². The van der Waals surface area contributed by atoms with Crippen molar-refractivity contribution >= 4 is 14.0 Å². The summed E-state index contributed by atoms with van der Waals surface area (Å²) in [6, 6.07) is 7.97. The minimum Gasteiger partial charge on any atom is -0.373 e. The van der Waals surface area contributed by atoms with Crippen LogP contribution in [0.5, 0.6) is 0 Å². The van der Waals surface area contributed by atoms with Gasteiger partial charge in [0, 0.05) is 26.5 Å². The van der Waals surface area contributed by atoms with Crippen molar-refractivity contribution in [2.45, 2.75) is 6.42 Å². The lowest BCUT2D eigenvalue weighted by molar-refractivity contribution is 0.140. The zero-order valence-corrected chi connectivity index (χ0v) is 11.0. The predicted molar refractivity (Wildman–Crippen MR) is 66.8 cm³/mol. The van der Waals surface area contributed by atoms with E-state index in [4.69, 9.17) is 13.3 Å². The van der Waals surface area contributed by atoms with Crippen molar-refractivity contribution in [2.24, 2.45) is 0 Å². The van der Waals surface area contributed by atoms with Crippen LogP contribution in [0.3, 0.4) is 0 Å². The summed E-state index contributed by atoms with van der Waals surface area (Å²) in [6.45, 7) is 3.75. The summed E-state index contributed by atoms with van der Waals surface area (Å²) >= 11 is 0. The van der Waals surface area contributed by atoms with Gasteiger partial charge in [0.15, 0.2) is 0 Å². The molecule has 4 heteroatoms. The molecule has 0 unspecified atom stereocenters. The van der Waals surface area contributed by atoms with E-state index in [9.17, 15) is 0 Å². The summed E-state index contributed by atoms with van der Waals surface area (Å²) in [7, 11) is 2.12. The van der Waals surface area contributed by atoms with E-state index in [0.29, 0.717) is 0 Å². The molecule has 0 radical (unpaired) electrons. The summed E-state index contributed by atoms with van der Waals surface area (Å²) in [4.78, 5) is 0. The van der Waals surface area contributed by atoms with Crippen LogP contribution in [-0.4, -0.2) is 30.1 Å². The van der Waals surface area contributed by atoms with E-state index in [1.807, 2.05) is 30.3 Å². The summed E-state index contributed by atoms with van der Waals surface area (Å²) in [5.74, 6) is 0. The second-order valence-corrected chi connectivity index (χ2v) is 6.19. The topological polar surface area (TPSA) is 27.7 Å². The Balaban J connectivity index is 3.22. The number of rotatable bonds is 6. The summed E-state index contributed by atoms with van der Waals surface area (Å²) in [6.07, 6.45) is 2.64. The lowest BCUT2D eigenvalue weighted by atomic mass is 10.1. The Kier molecular flexibility index (Phi) is 4.89. The lowest BCUT2D eigenvalue weighted by Gasteiger charge is -2.26. The standard InChI is InChI=1S/C12H18O3Si/c1-5-8-11-9-6-7-10-12(11)16(13-2,14-3)15-4/h5-7,9-10H,1,8H2,2-4H3. The molecule has 0 spiro atoms. The quantitative estimate of drug-likeness (QED) is 0.555. The smallest absolute Gasteiger partial charge is 0.373 e. The molecule has 0 saturated heterocycles. The van der Waals surface area contributed by atoms with Crippen LogP contribution in [0.4, 0.5) is 0 Å². The first-order valence-electron chi connectivity index (χ1n) is 5.08. The monoisotopic (exact) mass is 238 g/mol. The second-order valence-electron chi connectivity index (χ2n) is 3.32. The van der Waals surface area contributed by atoms with Crippen molar-refractivity contribution < 1.29 is 13.3 Å². The summed E-state index contributed by atoms with van der Waals surface area (Å²) in [5.41, 5.74) is 1.13. The van der Waals surface area contributed by atoms with Gasteiger partial charge in [0.2, 0.25) is 0 Å². The van der Waals surface area contributed by atoms with Gasteiger partial charge < -0.3 is 13.3 Å². The minimum atomic E-state index is -2.72. The number of hydrogen-bond acceptors (Lipinski definition) is 3. The molecule has 3 nitrogen and oxygen atoms in total. The van der Waals surface area contributed by atoms with Crippen molar-refractivity contribution in [1.82, 2.24) is 0 Å². The van der Waals surface area contributed by atoms with E-state index in [0.717, 1.165) is 17.2 Å². The Hall–Kier alpha value is -0.943. The molecular weight excluding hydrogens is 220 g/mol. The van der Waals surface area contributed by atoms with Crippen molar-refractivity contribution in [1.29, 1.82) is 0 Å². The first-order chi connectivity index (χ1) is 7.74. The van der Waals surface area contributed by atoms with E-state index < -0.39 is 8.80 Å². The highest BCUT2D eigenvalue weighted by Gasteiger charge is 2.42. The third-order valence-electron chi connectivity index (χ3n) is 2.52. The Bertz CT molecular complexity index is 340. The van der Waals surface area contributed by atoms with Gasteiger partial charge in [0.1, 0.15) is 0 Å². The second kappa shape index (κ2) is 5.96. The van der Waals surface area contributed by atoms with E-state index in [1.54, 1.807) is 21.3 Å². The molecule has 0 aromatic heterocycles. The summed E-state index contributed by atoms with van der Waals surface area (Å²) < 4.78 is 16.4. The maximum Gasteiger partial charge on any atom is 0.536 e. The van der Waals surface area contributed by atoms with Gasteiger partial charge in [0.25, 0.3) is 0 Å². The molecule has 0 heterocycles. The first-order valence-corrected chi connectivity index (χ1v) is 6.81. The molecule has 1 aromatic carbocycles. The minimum absolute atomic E-state index is 0.779. The highest BCUT2D eigenvalue weighted by molar-refractivity contribution is 6.75. The van der Waals surface area contributed by atoms with Crippen LogP contribution in [0.1, 0.15) is 5.56 Å². The highest BCUT2D eigenvalue weighted by atomic mass is 28.4. The molecule has 0 bridgehead atoms. The van der Waals surface area contributed by atoms with Gasteiger partial charge in [-0.15, -0.1) is 6.58 Å². The largest absolute Gasteiger partial charge is 0.536 e. The molecule has 1 rings (SSSR count). The molecule has 0 aliphatic carbocycles. The van der Waals surface area contributed by atoms with E-state index >= 15 is 0 Å². The average Bonchev–Trinajstić information content (AvgIpc) is 2.34. The van der Waals surface area contributed by atoms with Gasteiger partial charge in [-0.1, -0.05) is 30.3 Å². The van der Waals surface area contributed by atoms with Gasteiger partial charge in [0.05, 0.1) is 0 Å². The van der Waals surface area contributed by atoms with Crippen LogP contribution in [0.25, 0.3) is 0 Å². The third-order valence-corrected chi connectivity index (χ3v) is 5.28. The van der Waals surface area contributed by atoms with Crippen molar-refractivity contribution in [3.8, 4) is 0 Å². The van der Waals surface area contributed by atoms with Crippen LogP contribution >= 0.6 is 0 Å². The zero-order valence-electron chi connectivity index (χ0n) is 10.0. The lowest BCUT2D eigenvalue weighted by Crippen LogP contribution is -2.55. The average molecular weight is 238 g/mol. The Labute approximate surface area is 98.0 Å². The molecule has 88 valence electrons. The maximum atomic E-state index is 5.47. The van der Waals surface area contributed by atoms with Crippen molar-refractivity contribution in [2.75, 3.05) is 21.3 Å². The van der Waals surface area contributed by atoms with Gasteiger partial charge in [-0.25, -0.2) is 0 Å². The Morgan fingerprint density at radius 2 is 1.69 bits per heavy atom. The number of allylic oxidation sites excluding steroid dienone is 1. The normalized spacial score (nSPS) is 11.4. The van der Waals surface area contributed by atoms with E-state index in [2.05, 4.69) is 6.58 Å². The Morgan fingerprint density at radius 3 is 2.19 bits per heavy atom. The number of hydrogen-bond donors (Lipinski definition) is 0. The van der Waals surface area contributed by atoms with Crippen LogP contribution in [0.2, 0.25) is 0 Å². The fraction of sp³-hybridized carbons (Fsp3) is 0.333. The van der Waals surface area contributed by atoms with Crippen LogP contribution in [0, 0.1) is 0 Å². The molecule has 0 amide bonds. The molecule has 0 aliphatic heterocycles. The number of benzene rings is 1. The zero-order chi connectivity index (χ0) is 12.0. The van der Waals surface area contributed by atoms with Gasteiger partial charge >= 0.3 is 8.80 Å². The molecule has 1 aromatic rings. The molecule has 16 heavy (non-hydrogen) atoms. The predicted octanol–water partition coefficient (Wildman–Crippen LogP) is 1.50. The van der Waals surface area contributed by atoms with Crippen LogP contribution < -0.4 is 5.19 Å². The molecule has 0 saturated carbocycles. The highest BCUT2D eigenvalue weighted by Crippen LogP contribution is 2.11. The van der Waals surface area contributed by atoms with Crippen LogP contribution in [-0.2, 0) is 19.7 Å². The van der Waals surface area contributed by atoms with Gasteiger partial charge in [-0.05, 0) is 12.0 Å². The summed E-state index contributed by atoms with van der Waals surface area (Å²) in [5, 5.41) is 1.00.